The van der Waals surface area contributed by atoms with Crippen LogP contribution < -0.4 is 11.2 Å². The molecule has 0 spiro atoms. The summed E-state index contributed by atoms with van der Waals surface area (Å²) in [7, 11) is 0. The number of nitrogens with one attached hydrogen (secondary N) is 1. The molecule has 0 aromatic heterocycles. The number of hydrogen-bond donors (Lipinski definition) is 2. The highest BCUT2D eigenvalue weighted by atomic mass is 32.1. The first-order chi connectivity index (χ1) is 6.59. The maximum absolute atomic E-state index is 12.8. The number of nitrogens with two attached hydrogens (primary N) is 1. The van der Waals surface area contributed by atoms with E-state index in [1.165, 1.54) is 12.3 Å². The Kier molecular flexibility index (Phi) is 3.53. The molecule has 0 amide bonds. The second-order valence-electron chi connectivity index (χ2n) is 2.74. The van der Waals surface area contributed by atoms with Gasteiger partial charge < -0.3 is 5.73 Å². The number of halogens is 1. The number of nitrogens with zero attached hydrogens (tertiary/aromatic N) is 1. The molecule has 0 unspecified atom stereocenters. The van der Waals surface area contributed by atoms with Gasteiger partial charge >= 0.3 is 0 Å². The van der Waals surface area contributed by atoms with Crippen LogP contribution in [0.15, 0.2) is 23.3 Å². The molecule has 0 fully saturated rings. The molecule has 14 heavy (non-hydrogen) atoms. The Balaban J connectivity index is 2.73. The quantitative estimate of drug-likeness (QED) is 0.440. The molecule has 3 nitrogen and oxygen atoms in total. The van der Waals surface area contributed by atoms with Crippen LogP contribution in [-0.4, -0.2) is 11.3 Å². The fourth-order valence-corrected chi connectivity index (χ4v) is 0.971. The second-order valence-corrected chi connectivity index (χ2v) is 3.18. The maximum atomic E-state index is 12.8. The molecule has 0 saturated carbocycles. The van der Waals surface area contributed by atoms with Crippen LogP contribution in [0.25, 0.3) is 0 Å². The van der Waals surface area contributed by atoms with E-state index in [0.717, 1.165) is 5.56 Å². The topological polar surface area (TPSA) is 50.4 Å². The van der Waals surface area contributed by atoms with Crippen molar-refractivity contribution in [1.29, 1.82) is 0 Å². The van der Waals surface area contributed by atoms with Crippen LogP contribution in [-0.2, 0) is 0 Å². The van der Waals surface area contributed by atoms with Crippen LogP contribution in [0.3, 0.4) is 0 Å². The molecule has 0 radical (unpaired) electrons. The van der Waals surface area contributed by atoms with E-state index in [1.54, 1.807) is 19.1 Å². The van der Waals surface area contributed by atoms with Crippen molar-refractivity contribution in [2.45, 2.75) is 6.92 Å². The summed E-state index contributed by atoms with van der Waals surface area (Å²) in [5.74, 6) is -0.232. The molecule has 1 aromatic rings. The minimum Gasteiger partial charge on any atom is -0.375 e. The number of aryl methyl sites for hydroxylation is 1. The predicted molar refractivity (Wildman–Crippen MR) is 58.7 cm³/mol. The van der Waals surface area contributed by atoms with E-state index in [9.17, 15) is 4.39 Å². The van der Waals surface area contributed by atoms with Gasteiger partial charge in [-0.05, 0) is 42.4 Å². The van der Waals surface area contributed by atoms with E-state index in [2.05, 4.69) is 22.7 Å². The zero-order valence-corrected chi connectivity index (χ0v) is 8.44. The number of hydrazone groups is 1. The van der Waals surface area contributed by atoms with Crippen molar-refractivity contribution in [2.75, 3.05) is 0 Å². The van der Waals surface area contributed by atoms with Crippen molar-refractivity contribution < 1.29 is 4.39 Å². The fourth-order valence-electron chi connectivity index (χ4n) is 0.919. The largest absolute Gasteiger partial charge is 0.375 e. The zero-order valence-electron chi connectivity index (χ0n) is 7.62. The van der Waals surface area contributed by atoms with Gasteiger partial charge in [0, 0.05) is 0 Å². The van der Waals surface area contributed by atoms with Gasteiger partial charge in [-0.3, -0.25) is 5.43 Å². The summed E-state index contributed by atoms with van der Waals surface area (Å²) in [6.45, 7) is 1.69. The fraction of sp³-hybridized carbons (Fsp3) is 0.111. The van der Waals surface area contributed by atoms with Gasteiger partial charge in [0.15, 0.2) is 5.11 Å². The minimum atomic E-state index is -0.232. The zero-order chi connectivity index (χ0) is 10.6. The van der Waals surface area contributed by atoms with Crippen molar-refractivity contribution in [3.63, 3.8) is 0 Å². The average molecular weight is 211 g/mol. The van der Waals surface area contributed by atoms with Gasteiger partial charge in [0.2, 0.25) is 0 Å². The summed E-state index contributed by atoms with van der Waals surface area (Å²) < 4.78 is 12.8. The average Bonchev–Trinajstić information content (AvgIpc) is 2.10. The molecule has 3 N–H and O–H groups in total. The Bertz CT molecular complexity index is 376. The summed E-state index contributed by atoms with van der Waals surface area (Å²) in [6, 6.07) is 4.69. The third-order valence-corrected chi connectivity index (χ3v) is 1.66. The summed E-state index contributed by atoms with van der Waals surface area (Å²) in [4.78, 5) is 0. The SMILES string of the molecule is Cc1cc(/C=N/NC(N)=S)ccc1F. The lowest BCUT2D eigenvalue weighted by Gasteiger charge is -1.98. The number of hydrogen-bond acceptors (Lipinski definition) is 2. The molecular formula is C9H10FN3S. The molecule has 0 atom stereocenters. The van der Waals surface area contributed by atoms with Crippen LogP contribution in [0.1, 0.15) is 11.1 Å². The highest BCUT2D eigenvalue weighted by Gasteiger charge is 1.96. The minimum absolute atomic E-state index is 0.0973. The number of benzene rings is 1. The van der Waals surface area contributed by atoms with Crippen molar-refractivity contribution in [3.8, 4) is 0 Å². The van der Waals surface area contributed by atoms with Crippen LogP contribution >= 0.6 is 12.2 Å². The van der Waals surface area contributed by atoms with Gasteiger partial charge in [-0.2, -0.15) is 5.10 Å². The Morgan fingerprint density at radius 3 is 2.93 bits per heavy atom. The van der Waals surface area contributed by atoms with Crippen molar-refractivity contribution in [2.24, 2.45) is 10.8 Å². The molecule has 0 saturated heterocycles. The lowest BCUT2D eigenvalue weighted by Crippen LogP contribution is -2.23. The molecular weight excluding hydrogens is 201 g/mol. The molecule has 0 bridgehead atoms. The summed E-state index contributed by atoms with van der Waals surface area (Å²) >= 11 is 4.55. The molecule has 0 aliphatic carbocycles. The van der Waals surface area contributed by atoms with Gasteiger partial charge in [0.25, 0.3) is 0 Å². The molecule has 5 heteroatoms. The maximum Gasteiger partial charge on any atom is 0.184 e. The molecule has 74 valence electrons. The van der Waals surface area contributed by atoms with E-state index in [-0.39, 0.29) is 10.9 Å². The molecule has 1 rings (SSSR count). The monoisotopic (exact) mass is 211 g/mol. The number of thiocarbonyl (C=S) groups is 1. The Labute approximate surface area is 86.8 Å². The molecule has 0 heterocycles. The summed E-state index contributed by atoms with van der Waals surface area (Å²) in [5.41, 5.74) is 8.93. The highest BCUT2D eigenvalue weighted by molar-refractivity contribution is 7.80. The summed E-state index contributed by atoms with van der Waals surface area (Å²) in [5, 5.41) is 3.85. The van der Waals surface area contributed by atoms with E-state index >= 15 is 0 Å². The first-order valence-corrected chi connectivity index (χ1v) is 4.35. The van der Waals surface area contributed by atoms with E-state index in [4.69, 9.17) is 5.73 Å². The Hall–Kier alpha value is -1.49. The Morgan fingerprint density at radius 2 is 2.36 bits per heavy atom. The van der Waals surface area contributed by atoms with E-state index in [0.29, 0.717) is 5.56 Å². The first-order valence-electron chi connectivity index (χ1n) is 3.94. The van der Waals surface area contributed by atoms with Gasteiger partial charge in [-0.25, -0.2) is 4.39 Å². The van der Waals surface area contributed by atoms with Gasteiger partial charge in [0.1, 0.15) is 5.82 Å². The molecule has 0 aliphatic heterocycles. The highest BCUT2D eigenvalue weighted by Crippen LogP contribution is 2.07. The van der Waals surface area contributed by atoms with Crippen LogP contribution in [0.2, 0.25) is 0 Å². The van der Waals surface area contributed by atoms with E-state index in [1.807, 2.05) is 0 Å². The van der Waals surface area contributed by atoms with Gasteiger partial charge in [-0.15, -0.1) is 0 Å². The molecule has 0 aliphatic rings. The normalized spacial score (nSPS) is 10.4. The van der Waals surface area contributed by atoms with E-state index < -0.39 is 0 Å². The first kappa shape index (κ1) is 10.6. The van der Waals surface area contributed by atoms with Crippen molar-refractivity contribution >= 4 is 23.5 Å². The van der Waals surface area contributed by atoms with Crippen LogP contribution in [0.4, 0.5) is 4.39 Å². The summed E-state index contributed by atoms with van der Waals surface area (Å²) in [6.07, 6.45) is 1.52. The lowest BCUT2D eigenvalue weighted by molar-refractivity contribution is 0.618. The van der Waals surface area contributed by atoms with Crippen LogP contribution in [0, 0.1) is 12.7 Å². The standard InChI is InChI=1S/C9H10FN3S/c1-6-4-7(2-3-8(6)10)5-12-13-9(11)14/h2-5H,1H3,(H3,11,13,14)/b12-5+. The third kappa shape index (κ3) is 3.10. The third-order valence-electron chi connectivity index (χ3n) is 1.57. The predicted octanol–water partition coefficient (Wildman–Crippen LogP) is 1.30. The Morgan fingerprint density at radius 1 is 1.64 bits per heavy atom. The van der Waals surface area contributed by atoms with Gasteiger partial charge in [0.05, 0.1) is 6.21 Å². The molecule has 1 aromatic carbocycles. The number of rotatable bonds is 2. The smallest absolute Gasteiger partial charge is 0.184 e. The van der Waals surface area contributed by atoms with Crippen molar-refractivity contribution in [3.05, 3.63) is 35.1 Å². The van der Waals surface area contributed by atoms with Gasteiger partial charge in [-0.1, -0.05) is 6.07 Å². The van der Waals surface area contributed by atoms with Crippen molar-refractivity contribution in [1.82, 2.24) is 5.43 Å². The van der Waals surface area contributed by atoms with Crippen LogP contribution in [0.5, 0.6) is 0 Å². The second kappa shape index (κ2) is 4.66. The lowest BCUT2D eigenvalue weighted by atomic mass is 10.1.